The van der Waals surface area contributed by atoms with E-state index in [1.54, 1.807) is 6.08 Å². The van der Waals surface area contributed by atoms with Crippen molar-refractivity contribution >= 4 is 5.91 Å². The third-order valence-electron chi connectivity index (χ3n) is 12.8. The number of amides is 1. The van der Waals surface area contributed by atoms with Crippen LogP contribution in [0.2, 0.25) is 0 Å². The minimum atomic E-state index is -1.58. The number of aliphatic hydroxyl groups is 5. The van der Waals surface area contributed by atoms with Gasteiger partial charge in [0.15, 0.2) is 6.29 Å². The molecular formula is C67H107NO8. The van der Waals surface area contributed by atoms with Crippen molar-refractivity contribution in [1.82, 2.24) is 5.32 Å². The van der Waals surface area contributed by atoms with E-state index in [-0.39, 0.29) is 12.5 Å². The lowest BCUT2D eigenvalue weighted by Gasteiger charge is -2.40. The Morgan fingerprint density at radius 1 is 0.461 bits per heavy atom. The van der Waals surface area contributed by atoms with Crippen LogP contribution in [0.15, 0.2) is 158 Å². The Kier molecular flexibility index (Phi) is 49.8. The Labute approximate surface area is 463 Å². The first-order chi connectivity index (χ1) is 37.3. The largest absolute Gasteiger partial charge is 0.394 e. The molecule has 0 aromatic heterocycles. The highest BCUT2D eigenvalue weighted by molar-refractivity contribution is 5.76. The summed E-state index contributed by atoms with van der Waals surface area (Å²) in [7, 11) is 0. The van der Waals surface area contributed by atoms with Gasteiger partial charge in [0, 0.05) is 6.42 Å². The number of ether oxygens (including phenoxy) is 2. The molecule has 0 bridgehead atoms. The first-order valence-corrected chi connectivity index (χ1v) is 29.7. The fourth-order valence-electron chi connectivity index (χ4n) is 8.17. The molecule has 1 rings (SSSR count). The molecule has 76 heavy (non-hydrogen) atoms. The summed E-state index contributed by atoms with van der Waals surface area (Å²) in [6, 6.07) is -0.844. The standard InChI is InChI=1S/C67H107NO8/c1-3-5-7-9-11-13-15-17-19-20-21-22-23-24-25-26-27-28-29-30-31-32-33-34-35-36-37-38-39-40-41-42-43-45-47-49-51-53-55-57-63(71)68-60(59-75-67-66(74)65(73)64(72)62(58-69)76-67)61(70)56-54-52-50-48-46-44-18-16-14-12-10-8-6-4-2/h5,7,11,13,17,19,21-22,24-25,27-28,30-31,33-34,36-37,39-40,42-43,46,48,54,56,60-62,64-67,69-70,72-74H,3-4,6,8-10,12,14-16,18,20,23,26,29,32,35,38,41,44-45,47,49-53,55,57-59H2,1-2H3,(H,68,71)/b7-5-,13-11-,19-17-,22-21-,25-24-,28-27-,31-30-,34-33-,37-36-,40-39-,43-42-,48-46+,56-54+. The van der Waals surface area contributed by atoms with Crippen LogP contribution in [0.5, 0.6) is 0 Å². The molecular weight excluding hydrogens is 947 g/mol. The maximum absolute atomic E-state index is 13.0. The summed E-state index contributed by atoms with van der Waals surface area (Å²) in [6.07, 6.45) is 78.8. The minimum Gasteiger partial charge on any atom is -0.394 e. The molecule has 428 valence electrons. The van der Waals surface area contributed by atoms with Crippen molar-refractivity contribution in [3.05, 3.63) is 158 Å². The minimum absolute atomic E-state index is 0.214. The molecule has 1 amide bonds. The number of hydrogen-bond acceptors (Lipinski definition) is 8. The SMILES string of the molecule is CC/C=C\C/C=C\C/C=C\C/C=C\C/C=C\C/C=C\C/C=C\C/C=C\C/C=C\C/C=C\C/C=C\CCCCCCCC(=O)NC(COC1OC(CO)C(O)C(O)C1O)C(O)/C=C/CC/C=C/CCCCCCCCCC. The van der Waals surface area contributed by atoms with Crippen LogP contribution in [0.4, 0.5) is 0 Å². The highest BCUT2D eigenvalue weighted by Crippen LogP contribution is 2.22. The van der Waals surface area contributed by atoms with Crippen molar-refractivity contribution < 1.29 is 39.8 Å². The summed E-state index contributed by atoms with van der Waals surface area (Å²) in [6.45, 7) is 3.61. The summed E-state index contributed by atoms with van der Waals surface area (Å²) >= 11 is 0. The molecule has 0 radical (unpaired) electrons. The molecule has 9 heteroatoms. The summed E-state index contributed by atoms with van der Waals surface area (Å²) in [4.78, 5) is 13.0. The molecule has 1 fully saturated rings. The predicted octanol–water partition coefficient (Wildman–Crippen LogP) is 15.2. The van der Waals surface area contributed by atoms with Gasteiger partial charge in [-0.3, -0.25) is 4.79 Å². The average molecular weight is 1050 g/mol. The fraction of sp³-hybridized carbons (Fsp3) is 0.597. The molecule has 1 aliphatic heterocycles. The van der Waals surface area contributed by atoms with Crippen LogP contribution >= 0.6 is 0 Å². The lowest BCUT2D eigenvalue weighted by atomic mass is 9.99. The van der Waals surface area contributed by atoms with Crippen LogP contribution in [0.25, 0.3) is 0 Å². The second-order valence-electron chi connectivity index (χ2n) is 19.7. The van der Waals surface area contributed by atoms with E-state index in [0.717, 1.165) is 128 Å². The van der Waals surface area contributed by atoms with Gasteiger partial charge in [0.1, 0.15) is 24.4 Å². The summed E-state index contributed by atoms with van der Waals surface area (Å²) in [5.74, 6) is -0.214. The number of aliphatic hydroxyl groups excluding tert-OH is 5. The van der Waals surface area contributed by atoms with Gasteiger partial charge < -0.3 is 40.3 Å². The van der Waals surface area contributed by atoms with Crippen LogP contribution in [-0.2, 0) is 14.3 Å². The van der Waals surface area contributed by atoms with Crippen LogP contribution in [0.1, 0.15) is 200 Å². The van der Waals surface area contributed by atoms with E-state index in [1.807, 2.05) is 6.08 Å². The summed E-state index contributed by atoms with van der Waals surface area (Å²) < 4.78 is 11.2. The molecule has 1 heterocycles. The lowest BCUT2D eigenvalue weighted by molar-refractivity contribution is -0.302. The number of carbonyl (C=O) groups excluding carboxylic acids is 1. The van der Waals surface area contributed by atoms with E-state index < -0.39 is 49.5 Å². The van der Waals surface area contributed by atoms with Crippen LogP contribution < -0.4 is 5.32 Å². The van der Waals surface area contributed by atoms with Gasteiger partial charge >= 0.3 is 0 Å². The first kappa shape index (κ1) is 69.8. The number of nitrogens with one attached hydrogen (secondary N) is 1. The molecule has 0 aromatic carbocycles. The van der Waals surface area contributed by atoms with Crippen molar-refractivity contribution in [2.75, 3.05) is 13.2 Å². The monoisotopic (exact) mass is 1050 g/mol. The van der Waals surface area contributed by atoms with Gasteiger partial charge in [-0.05, 0) is 116 Å². The van der Waals surface area contributed by atoms with E-state index in [1.165, 1.54) is 51.4 Å². The Balaban J connectivity index is 2.21. The zero-order chi connectivity index (χ0) is 55.0. The first-order valence-electron chi connectivity index (χ1n) is 29.7. The van der Waals surface area contributed by atoms with Crippen molar-refractivity contribution in [2.45, 2.75) is 243 Å². The van der Waals surface area contributed by atoms with Gasteiger partial charge in [-0.25, -0.2) is 0 Å². The Morgan fingerprint density at radius 2 is 0.829 bits per heavy atom. The third kappa shape index (κ3) is 42.9. The molecule has 0 aromatic rings. The maximum atomic E-state index is 13.0. The summed E-state index contributed by atoms with van der Waals surface area (Å²) in [5, 5.41) is 54.4. The summed E-state index contributed by atoms with van der Waals surface area (Å²) in [5.41, 5.74) is 0. The maximum Gasteiger partial charge on any atom is 0.220 e. The van der Waals surface area contributed by atoms with Gasteiger partial charge in [0.2, 0.25) is 5.91 Å². The van der Waals surface area contributed by atoms with Crippen molar-refractivity contribution in [1.29, 1.82) is 0 Å². The van der Waals surface area contributed by atoms with Crippen molar-refractivity contribution in [3.8, 4) is 0 Å². The Bertz CT molecular complexity index is 1740. The molecule has 1 aliphatic rings. The van der Waals surface area contributed by atoms with Crippen LogP contribution in [-0.4, -0.2) is 87.5 Å². The molecule has 0 spiro atoms. The fourth-order valence-corrected chi connectivity index (χ4v) is 8.17. The molecule has 0 saturated carbocycles. The van der Waals surface area contributed by atoms with Gasteiger partial charge in [0.25, 0.3) is 0 Å². The highest BCUT2D eigenvalue weighted by Gasteiger charge is 2.44. The normalized spacial score (nSPS) is 20.0. The number of rotatable bonds is 48. The zero-order valence-corrected chi connectivity index (χ0v) is 47.4. The average Bonchev–Trinajstić information content (AvgIpc) is 3.42. The molecule has 7 atom stereocenters. The van der Waals surface area contributed by atoms with E-state index in [9.17, 15) is 30.3 Å². The van der Waals surface area contributed by atoms with Crippen molar-refractivity contribution in [3.63, 3.8) is 0 Å². The Morgan fingerprint density at radius 3 is 1.26 bits per heavy atom. The van der Waals surface area contributed by atoms with E-state index >= 15 is 0 Å². The predicted molar refractivity (Wildman–Crippen MR) is 322 cm³/mol. The van der Waals surface area contributed by atoms with Gasteiger partial charge in [0.05, 0.1) is 25.4 Å². The van der Waals surface area contributed by atoms with Crippen molar-refractivity contribution in [2.24, 2.45) is 0 Å². The Hall–Kier alpha value is -4.19. The number of unbranched alkanes of at least 4 members (excludes halogenated alkanes) is 14. The van der Waals surface area contributed by atoms with Gasteiger partial charge in [-0.2, -0.15) is 0 Å². The lowest BCUT2D eigenvalue weighted by Crippen LogP contribution is -2.60. The second kappa shape index (κ2) is 54.2. The zero-order valence-electron chi connectivity index (χ0n) is 47.4. The van der Waals surface area contributed by atoms with E-state index in [0.29, 0.717) is 6.42 Å². The molecule has 9 nitrogen and oxygen atoms in total. The number of hydrogen-bond donors (Lipinski definition) is 6. The van der Waals surface area contributed by atoms with Crippen LogP contribution in [0.3, 0.4) is 0 Å². The molecule has 7 unspecified atom stereocenters. The van der Waals surface area contributed by atoms with Gasteiger partial charge in [-0.1, -0.05) is 236 Å². The number of carbonyl (C=O) groups is 1. The molecule has 0 aliphatic carbocycles. The third-order valence-corrected chi connectivity index (χ3v) is 12.8. The number of allylic oxidation sites excluding steroid dienone is 25. The van der Waals surface area contributed by atoms with E-state index in [4.69, 9.17) is 9.47 Å². The molecule has 6 N–H and O–H groups in total. The van der Waals surface area contributed by atoms with Crippen LogP contribution in [0, 0.1) is 0 Å². The van der Waals surface area contributed by atoms with Gasteiger partial charge in [-0.15, -0.1) is 0 Å². The quantitative estimate of drug-likeness (QED) is 0.0261. The smallest absolute Gasteiger partial charge is 0.220 e. The topological polar surface area (TPSA) is 149 Å². The molecule has 1 saturated heterocycles. The second-order valence-corrected chi connectivity index (χ2v) is 19.7. The highest BCUT2D eigenvalue weighted by atomic mass is 16.7. The van der Waals surface area contributed by atoms with E-state index in [2.05, 4.69) is 165 Å².